The van der Waals surface area contributed by atoms with Gasteiger partial charge >= 0.3 is 0 Å². The van der Waals surface area contributed by atoms with Crippen LogP contribution in [0, 0.1) is 5.92 Å². The Bertz CT molecular complexity index is 964. The Morgan fingerprint density at radius 3 is 2.48 bits per heavy atom. The molecule has 1 aliphatic rings. The molecule has 1 aliphatic carbocycles. The van der Waals surface area contributed by atoms with Gasteiger partial charge in [0.1, 0.15) is 11.4 Å². The normalized spacial score (nSPS) is 19.0. The third kappa shape index (κ3) is 4.19. The molecule has 0 aliphatic heterocycles. The van der Waals surface area contributed by atoms with E-state index in [1.165, 1.54) is 19.3 Å². The lowest BCUT2D eigenvalue weighted by Gasteiger charge is -2.29. The summed E-state index contributed by atoms with van der Waals surface area (Å²) >= 11 is 0. The summed E-state index contributed by atoms with van der Waals surface area (Å²) in [5, 5.41) is 8.02. The molecule has 29 heavy (non-hydrogen) atoms. The second-order valence-corrected chi connectivity index (χ2v) is 7.74. The van der Waals surface area contributed by atoms with E-state index in [0.29, 0.717) is 17.2 Å². The van der Waals surface area contributed by atoms with Crippen molar-refractivity contribution in [2.75, 3.05) is 7.11 Å². The Labute approximate surface area is 171 Å². The summed E-state index contributed by atoms with van der Waals surface area (Å²) in [5.41, 5.74) is 3.09. The Kier molecular flexibility index (Phi) is 5.65. The third-order valence-corrected chi connectivity index (χ3v) is 5.77. The largest absolute Gasteiger partial charge is 0.497 e. The fourth-order valence-electron chi connectivity index (χ4n) is 3.99. The second kappa shape index (κ2) is 8.52. The minimum Gasteiger partial charge on any atom is -0.497 e. The summed E-state index contributed by atoms with van der Waals surface area (Å²) in [6.45, 7) is 2.22. The van der Waals surface area contributed by atoms with Crippen LogP contribution < -0.4 is 10.1 Å². The zero-order chi connectivity index (χ0) is 20.2. The van der Waals surface area contributed by atoms with Gasteiger partial charge in [0.15, 0.2) is 0 Å². The molecule has 0 spiro atoms. The number of benzene rings is 2. The number of nitrogens with one attached hydrogen (secondary N) is 1. The van der Waals surface area contributed by atoms with Crippen LogP contribution in [0.15, 0.2) is 60.8 Å². The lowest BCUT2D eigenvalue weighted by atomic mass is 9.86. The van der Waals surface area contributed by atoms with Crippen LogP contribution in [0.1, 0.15) is 43.0 Å². The summed E-state index contributed by atoms with van der Waals surface area (Å²) in [6, 6.07) is 17.7. The topological polar surface area (TPSA) is 56.2 Å². The number of methoxy groups -OCH3 is 1. The fraction of sp³-hybridized carbons (Fsp3) is 0.333. The summed E-state index contributed by atoms with van der Waals surface area (Å²) in [7, 11) is 1.64. The highest BCUT2D eigenvalue weighted by atomic mass is 16.5. The van der Waals surface area contributed by atoms with E-state index < -0.39 is 0 Å². The molecule has 1 N–H and O–H groups in total. The summed E-state index contributed by atoms with van der Waals surface area (Å²) < 4.78 is 7.04. The van der Waals surface area contributed by atoms with Gasteiger partial charge in [-0.1, -0.05) is 38.0 Å². The lowest BCUT2D eigenvalue weighted by molar-refractivity contribution is 0.0911. The summed E-state index contributed by atoms with van der Waals surface area (Å²) in [5.74, 6) is 1.22. The molecular formula is C24H27N3O2. The molecule has 4 rings (SSSR count). The molecule has 3 aromatic rings. The first-order valence-corrected chi connectivity index (χ1v) is 10.3. The quantitative estimate of drug-likeness (QED) is 0.678. The van der Waals surface area contributed by atoms with Crippen LogP contribution in [-0.4, -0.2) is 28.8 Å². The number of nitrogens with zero attached hydrogens (tertiary/aromatic N) is 2. The molecule has 150 valence electrons. The third-order valence-electron chi connectivity index (χ3n) is 5.77. The molecule has 5 nitrogen and oxygen atoms in total. The van der Waals surface area contributed by atoms with E-state index in [4.69, 9.17) is 9.84 Å². The average Bonchev–Trinajstić information content (AvgIpc) is 3.22. The van der Waals surface area contributed by atoms with Gasteiger partial charge in [-0.2, -0.15) is 5.10 Å². The van der Waals surface area contributed by atoms with Crippen molar-refractivity contribution >= 4 is 5.91 Å². The van der Waals surface area contributed by atoms with Gasteiger partial charge in [0.05, 0.1) is 18.4 Å². The zero-order valence-electron chi connectivity index (χ0n) is 17.0. The van der Waals surface area contributed by atoms with Gasteiger partial charge in [-0.05, 0) is 55.2 Å². The van der Waals surface area contributed by atoms with Crippen molar-refractivity contribution < 1.29 is 9.53 Å². The fourth-order valence-corrected chi connectivity index (χ4v) is 3.99. The molecule has 0 radical (unpaired) electrons. The van der Waals surface area contributed by atoms with E-state index in [2.05, 4.69) is 12.2 Å². The van der Waals surface area contributed by atoms with Crippen LogP contribution in [0.4, 0.5) is 0 Å². The zero-order valence-corrected chi connectivity index (χ0v) is 17.0. The highest BCUT2D eigenvalue weighted by molar-refractivity contribution is 6.00. The lowest BCUT2D eigenvalue weighted by Crippen LogP contribution is -2.41. The number of ether oxygens (including phenoxy) is 1. The minimum absolute atomic E-state index is 0.0586. The minimum atomic E-state index is -0.0586. The number of para-hydroxylation sites is 1. The van der Waals surface area contributed by atoms with Crippen LogP contribution >= 0.6 is 0 Å². The van der Waals surface area contributed by atoms with Crippen LogP contribution in [0.3, 0.4) is 0 Å². The molecule has 0 bridgehead atoms. The van der Waals surface area contributed by atoms with Crippen molar-refractivity contribution in [3.63, 3.8) is 0 Å². The van der Waals surface area contributed by atoms with E-state index in [-0.39, 0.29) is 11.9 Å². The number of aromatic nitrogens is 2. The van der Waals surface area contributed by atoms with E-state index in [9.17, 15) is 4.79 Å². The summed E-state index contributed by atoms with van der Waals surface area (Å²) in [4.78, 5) is 13.2. The SMILES string of the molecule is COc1ccc(-c2nn(-c3ccccc3)cc2C(=O)N[C@H]2CCCC[C@H]2C)cc1. The second-order valence-electron chi connectivity index (χ2n) is 7.74. The molecular weight excluding hydrogens is 362 g/mol. The van der Waals surface area contributed by atoms with Crippen LogP contribution in [-0.2, 0) is 0 Å². The molecule has 0 saturated heterocycles. The van der Waals surface area contributed by atoms with Gasteiger partial charge in [-0.25, -0.2) is 4.68 Å². The molecule has 2 atom stereocenters. The van der Waals surface area contributed by atoms with Crippen LogP contribution in [0.25, 0.3) is 16.9 Å². The van der Waals surface area contributed by atoms with Gasteiger partial charge < -0.3 is 10.1 Å². The Balaban J connectivity index is 1.70. The van der Waals surface area contributed by atoms with E-state index in [1.54, 1.807) is 11.8 Å². The molecule has 1 fully saturated rings. The maximum atomic E-state index is 13.2. The molecule has 2 aromatic carbocycles. The summed E-state index contributed by atoms with van der Waals surface area (Å²) in [6.07, 6.45) is 6.45. The van der Waals surface area contributed by atoms with Gasteiger partial charge in [-0.3, -0.25) is 4.79 Å². The van der Waals surface area contributed by atoms with E-state index in [0.717, 1.165) is 23.4 Å². The predicted octanol–water partition coefficient (Wildman–Crippen LogP) is 4.86. The number of rotatable bonds is 5. The number of hydrogen-bond acceptors (Lipinski definition) is 3. The standard InChI is InChI=1S/C24H27N3O2/c1-17-8-6-7-11-22(17)25-24(28)21-16-27(19-9-4-3-5-10-19)26-23(21)18-12-14-20(29-2)15-13-18/h3-5,9-10,12-17,22H,6-8,11H2,1-2H3,(H,25,28)/t17-,22+/m1/s1. The van der Waals surface area contributed by atoms with Gasteiger partial charge in [0.2, 0.25) is 0 Å². The van der Waals surface area contributed by atoms with Crippen molar-refractivity contribution in [1.29, 1.82) is 0 Å². The molecule has 1 heterocycles. The van der Waals surface area contributed by atoms with Gasteiger partial charge in [-0.15, -0.1) is 0 Å². The van der Waals surface area contributed by atoms with E-state index in [1.807, 2.05) is 60.8 Å². The molecule has 0 unspecified atom stereocenters. The monoisotopic (exact) mass is 389 g/mol. The molecule has 1 amide bonds. The Morgan fingerprint density at radius 2 is 1.79 bits per heavy atom. The highest BCUT2D eigenvalue weighted by Gasteiger charge is 2.26. The van der Waals surface area contributed by atoms with Crippen molar-refractivity contribution in [1.82, 2.24) is 15.1 Å². The highest BCUT2D eigenvalue weighted by Crippen LogP contribution is 2.28. The number of carbonyl (C=O) groups is 1. The van der Waals surface area contributed by atoms with E-state index >= 15 is 0 Å². The first-order chi connectivity index (χ1) is 14.2. The number of hydrogen-bond donors (Lipinski definition) is 1. The maximum Gasteiger partial charge on any atom is 0.255 e. The first-order valence-electron chi connectivity index (χ1n) is 10.3. The molecule has 1 aromatic heterocycles. The number of amides is 1. The van der Waals surface area contributed by atoms with Crippen molar-refractivity contribution in [2.24, 2.45) is 5.92 Å². The van der Waals surface area contributed by atoms with Crippen molar-refractivity contribution in [3.8, 4) is 22.7 Å². The first kappa shape index (κ1) is 19.2. The van der Waals surface area contributed by atoms with Crippen LogP contribution in [0.5, 0.6) is 5.75 Å². The molecule has 1 saturated carbocycles. The predicted molar refractivity (Wildman–Crippen MR) is 114 cm³/mol. The van der Waals surface area contributed by atoms with Crippen LogP contribution in [0.2, 0.25) is 0 Å². The average molecular weight is 389 g/mol. The number of carbonyl (C=O) groups excluding carboxylic acids is 1. The van der Waals surface area contributed by atoms with Gasteiger partial charge in [0, 0.05) is 17.8 Å². The Hall–Kier alpha value is -3.08. The Morgan fingerprint density at radius 1 is 1.07 bits per heavy atom. The van der Waals surface area contributed by atoms with Crippen molar-refractivity contribution in [3.05, 3.63) is 66.4 Å². The maximum absolute atomic E-state index is 13.2. The molecule has 5 heteroatoms. The van der Waals surface area contributed by atoms with Gasteiger partial charge in [0.25, 0.3) is 5.91 Å². The van der Waals surface area contributed by atoms with Crippen molar-refractivity contribution in [2.45, 2.75) is 38.6 Å². The smallest absolute Gasteiger partial charge is 0.255 e.